The minimum Gasteiger partial charge on any atom is -0.337 e. The number of nitriles is 1. The van der Waals surface area contributed by atoms with E-state index in [2.05, 4.69) is 11.4 Å². The van der Waals surface area contributed by atoms with Crippen molar-refractivity contribution in [2.45, 2.75) is 6.54 Å². The first-order valence-electron chi connectivity index (χ1n) is 6.81. The molecule has 0 saturated carbocycles. The number of nitrogens with one attached hydrogen (secondary N) is 1. The van der Waals surface area contributed by atoms with Gasteiger partial charge in [-0.25, -0.2) is 8.78 Å². The number of fused-ring (bicyclic) bond motifs is 1. The zero-order valence-electron chi connectivity index (χ0n) is 11.9. The fraction of sp³-hybridized carbons (Fsp3) is 0.0588. The fourth-order valence-electron chi connectivity index (χ4n) is 2.45. The van der Waals surface area contributed by atoms with Crippen LogP contribution < -0.4 is 5.32 Å². The summed E-state index contributed by atoms with van der Waals surface area (Å²) in [7, 11) is 0. The summed E-state index contributed by atoms with van der Waals surface area (Å²) in [5.41, 5.74) is 1.25. The van der Waals surface area contributed by atoms with E-state index in [1.807, 2.05) is 6.07 Å². The SMILES string of the molecule is N#Cc1cn(CC(=O)Nc2cc(F)cc(F)c2)c2ccccc12. The third-order valence-corrected chi connectivity index (χ3v) is 3.37. The van der Waals surface area contributed by atoms with Crippen molar-refractivity contribution in [3.8, 4) is 6.07 Å². The molecule has 0 aliphatic carbocycles. The number of halogens is 2. The predicted octanol–water partition coefficient (Wildman–Crippen LogP) is 3.43. The van der Waals surface area contributed by atoms with Gasteiger partial charge in [0.15, 0.2) is 0 Å². The van der Waals surface area contributed by atoms with Gasteiger partial charge < -0.3 is 9.88 Å². The molecule has 3 aromatic rings. The number of hydrogen-bond donors (Lipinski definition) is 1. The van der Waals surface area contributed by atoms with E-state index < -0.39 is 17.5 Å². The van der Waals surface area contributed by atoms with Crippen LogP contribution in [0.25, 0.3) is 10.9 Å². The topological polar surface area (TPSA) is 57.8 Å². The van der Waals surface area contributed by atoms with Crippen LogP contribution in [0, 0.1) is 23.0 Å². The maximum atomic E-state index is 13.1. The normalized spacial score (nSPS) is 10.5. The zero-order chi connectivity index (χ0) is 16.4. The van der Waals surface area contributed by atoms with Crippen molar-refractivity contribution in [3.05, 3.63) is 65.9 Å². The van der Waals surface area contributed by atoms with E-state index in [0.29, 0.717) is 5.56 Å². The number of anilines is 1. The lowest BCUT2D eigenvalue weighted by Crippen LogP contribution is -2.18. The lowest BCUT2D eigenvalue weighted by molar-refractivity contribution is -0.116. The van der Waals surface area contributed by atoms with Crippen molar-refractivity contribution in [1.29, 1.82) is 5.26 Å². The van der Waals surface area contributed by atoms with Gasteiger partial charge in [0.25, 0.3) is 0 Å². The smallest absolute Gasteiger partial charge is 0.244 e. The minimum atomic E-state index is -0.765. The standard InChI is InChI=1S/C17H11F2N3O/c18-12-5-13(19)7-14(6-12)21-17(23)10-22-9-11(8-20)15-3-1-2-4-16(15)22/h1-7,9H,10H2,(H,21,23). The highest BCUT2D eigenvalue weighted by atomic mass is 19.1. The van der Waals surface area contributed by atoms with Crippen molar-refractivity contribution in [3.63, 3.8) is 0 Å². The lowest BCUT2D eigenvalue weighted by atomic mass is 10.2. The first-order chi connectivity index (χ1) is 11.1. The lowest BCUT2D eigenvalue weighted by Gasteiger charge is -2.07. The van der Waals surface area contributed by atoms with Gasteiger partial charge in [-0.3, -0.25) is 4.79 Å². The van der Waals surface area contributed by atoms with Gasteiger partial charge in [0.1, 0.15) is 24.2 Å². The molecule has 2 aromatic carbocycles. The van der Waals surface area contributed by atoms with Crippen LogP contribution in [0.4, 0.5) is 14.5 Å². The molecule has 0 saturated heterocycles. The molecule has 6 heteroatoms. The number of para-hydroxylation sites is 1. The Bertz CT molecular complexity index is 920. The van der Waals surface area contributed by atoms with Crippen molar-refractivity contribution < 1.29 is 13.6 Å². The van der Waals surface area contributed by atoms with Crippen LogP contribution >= 0.6 is 0 Å². The van der Waals surface area contributed by atoms with Gasteiger partial charge in [-0.05, 0) is 18.2 Å². The molecule has 1 aromatic heterocycles. The molecular weight excluding hydrogens is 300 g/mol. The average molecular weight is 311 g/mol. The summed E-state index contributed by atoms with van der Waals surface area (Å²) in [6.45, 7) is -0.0691. The molecule has 0 fully saturated rings. The Morgan fingerprint density at radius 2 is 1.87 bits per heavy atom. The van der Waals surface area contributed by atoms with Gasteiger partial charge in [-0.1, -0.05) is 18.2 Å². The van der Waals surface area contributed by atoms with Gasteiger partial charge in [-0.2, -0.15) is 5.26 Å². The highest BCUT2D eigenvalue weighted by molar-refractivity contribution is 5.93. The molecule has 0 aliphatic rings. The molecule has 1 amide bonds. The zero-order valence-corrected chi connectivity index (χ0v) is 11.9. The molecule has 4 nitrogen and oxygen atoms in total. The Morgan fingerprint density at radius 3 is 2.57 bits per heavy atom. The third-order valence-electron chi connectivity index (χ3n) is 3.37. The highest BCUT2D eigenvalue weighted by Gasteiger charge is 2.11. The summed E-state index contributed by atoms with van der Waals surface area (Å²) < 4.78 is 27.9. The monoisotopic (exact) mass is 311 g/mol. The maximum absolute atomic E-state index is 13.1. The second kappa shape index (κ2) is 5.89. The number of amides is 1. The van der Waals surface area contributed by atoms with Crippen molar-refractivity contribution >= 4 is 22.5 Å². The van der Waals surface area contributed by atoms with Crippen LogP contribution in [-0.4, -0.2) is 10.5 Å². The first kappa shape index (κ1) is 14.7. The number of aromatic nitrogens is 1. The summed E-state index contributed by atoms with van der Waals surface area (Å²) in [5, 5.41) is 12.3. The van der Waals surface area contributed by atoms with Crippen LogP contribution in [0.15, 0.2) is 48.7 Å². The van der Waals surface area contributed by atoms with E-state index in [0.717, 1.165) is 29.1 Å². The molecule has 0 radical (unpaired) electrons. The summed E-state index contributed by atoms with van der Waals surface area (Å²) in [4.78, 5) is 12.1. The van der Waals surface area contributed by atoms with E-state index in [1.165, 1.54) is 0 Å². The van der Waals surface area contributed by atoms with Gasteiger partial charge in [-0.15, -0.1) is 0 Å². The first-order valence-corrected chi connectivity index (χ1v) is 6.81. The van der Waals surface area contributed by atoms with Gasteiger partial charge in [0.05, 0.1) is 5.56 Å². The van der Waals surface area contributed by atoms with E-state index in [4.69, 9.17) is 5.26 Å². The Morgan fingerprint density at radius 1 is 1.17 bits per heavy atom. The Balaban J connectivity index is 1.85. The van der Waals surface area contributed by atoms with E-state index in [9.17, 15) is 13.6 Å². The molecule has 114 valence electrons. The molecule has 0 bridgehead atoms. The van der Waals surface area contributed by atoms with Gasteiger partial charge in [0, 0.05) is 28.9 Å². The molecule has 0 aliphatic heterocycles. The van der Waals surface area contributed by atoms with E-state index in [1.54, 1.807) is 29.0 Å². The Kier molecular flexibility index (Phi) is 3.77. The van der Waals surface area contributed by atoms with Crippen LogP contribution in [0.1, 0.15) is 5.56 Å². The number of nitrogens with zero attached hydrogens (tertiary/aromatic N) is 2. The van der Waals surface area contributed by atoms with Crippen LogP contribution in [0.3, 0.4) is 0 Å². The number of benzene rings is 2. The van der Waals surface area contributed by atoms with Crippen molar-refractivity contribution in [2.24, 2.45) is 0 Å². The molecule has 0 spiro atoms. The quantitative estimate of drug-likeness (QED) is 0.805. The molecule has 3 rings (SSSR count). The molecule has 23 heavy (non-hydrogen) atoms. The maximum Gasteiger partial charge on any atom is 0.244 e. The molecule has 1 N–H and O–H groups in total. The summed E-state index contributed by atoms with van der Waals surface area (Å²) in [5.74, 6) is -1.97. The fourth-order valence-corrected chi connectivity index (χ4v) is 2.45. The number of carbonyl (C=O) groups is 1. The molecule has 0 atom stereocenters. The summed E-state index contributed by atoms with van der Waals surface area (Å²) in [6.07, 6.45) is 1.58. The van der Waals surface area contributed by atoms with Crippen molar-refractivity contribution in [2.75, 3.05) is 5.32 Å². The van der Waals surface area contributed by atoms with Gasteiger partial charge >= 0.3 is 0 Å². The molecular formula is C17H11F2N3O. The van der Waals surface area contributed by atoms with E-state index in [-0.39, 0.29) is 12.2 Å². The second-order valence-electron chi connectivity index (χ2n) is 5.01. The summed E-state index contributed by atoms with van der Waals surface area (Å²) >= 11 is 0. The van der Waals surface area contributed by atoms with Crippen LogP contribution in [0.2, 0.25) is 0 Å². The highest BCUT2D eigenvalue weighted by Crippen LogP contribution is 2.20. The average Bonchev–Trinajstić information content (AvgIpc) is 2.84. The number of rotatable bonds is 3. The molecule has 1 heterocycles. The van der Waals surface area contributed by atoms with Gasteiger partial charge in [0.2, 0.25) is 5.91 Å². The predicted molar refractivity (Wildman–Crippen MR) is 81.6 cm³/mol. The summed E-state index contributed by atoms with van der Waals surface area (Å²) in [6, 6.07) is 12.1. The van der Waals surface area contributed by atoms with Crippen LogP contribution in [-0.2, 0) is 11.3 Å². The largest absolute Gasteiger partial charge is 0.337 e. The Hall–Kier alpha value is -3.20. The minimum absolute atomic E-state index is 0.0458. The Labute approximate surface area is 130 Å². The molecule has 0 unspecified atom stereocenters. The number of carbonyl (C=O) groups excluding carboxylic acids is 1. The van der Waals surface area contributed by atoms with Crippen LogP contribution in [0.5, 0.6) is 0 Å². The van der Waals surface area contributed by atoms with E-state index >= 15 is 0 Å². The van der Waals surface area contributed by atoms with Crippen molar-refractivity contribution in [1.82, 2.24) is 4.57 Å². The number of hydrogen-bond acceptors (Lipinski definition) is 2. The second-order valence-corrected chi connectivity index (χ2v) is 5.01. The third kappa shape index (κ3) is 3.04.